The third-order valence-electron chi connectivity index (χ3n) is 2.08. The highest BCUT2D eigenvalue weighted by Gasteiger charge is 2.01. The fourth-order valence-corrected chi connectivity index (χ4v) is 1.22. The highest BCUT2D eigenvalue weighted by atomic mass is 35.5. The maximum absolute atomic E-state index is 13.4. The summed E-state index contributed by atoms with van der Waals surface area (Å²) in [7, 11) is 0. The van der Waals surface area contributed by atoms with Crippen molar-refractivity contribution in [2.45, 2.75) is 33.1 Å². The standard InChI is InChI=1S/C12H19ClFN/c1-3-10(2)12(14)11(13)8-6-4-5-7-9-15/h3,6,8H,4-5,7,9,15H2,1-2H3/b8-6+,10-3-,12-11-. The van der Waals surface area contributed by atoms with Crippen molar-refractivity contribution in [3.8, 4) is 0 Å². The summed E-state index contributed by atoms with van der Waals surface area (Å²) in [5.41, 5.74) is 5.91. The summed E-state index contributed by atoms with van der Waals surface area (Å²) in [4.78, 5) is 0. The van der Waals surface area contributed by atoms with Crippen LogP contribution in [-0.2, 0) is 0 Å². The molecule has 0 unspecified atom stereocenters. The molecule has 0 aliphatic rings. The van der Waals surface area contributed by atoms with Crippen LogP contribution in [0.5, 0.6) is 0 Å². The van der Waals surface area contributed by atoms with E-state index in [1.54, 1.807) is 26.0 Å². The number of allylic oxidation sites excluding steroid dienone is 6. The van der Waals surface area contributed by atoms with Crippen LogP contribution in [-0.4, -0.2) is 6.54 Å². The second-order valence-corrected chi connectivity index (χ2v) is 3.73. The van der Waals surface area contributed by atoms with E-state index in [0.29, 0.717) is 12.1 Å². The predicted octanol–water partition coefficient (Wildman–Crippen LogP) is 4.06. The Morgan fingerprint density at radius 3 is 2.60 bits per heavy atom. The van der Waals surface area contributed by atoms with Gasteiger partial charge in [0.2, 0.25) is 0 Å². The first kappa shape index (κ1) is 14.4. The van der Waals surface area contributed by atoms with Gasteiger partial charge in [0.15, 0.2) is 0 Å². The van der Waals surface area contributed by atoms with Crippen LogP contribution in [0.4, 0.5) is 4.39 Å². The number of hydrogen-bond acceptors (Lipinski definition) is 1. The first-order valence-corrected chi connectivity index (χ1v) is 5.56. The maximum atomic E-state index is 13.4. The number of unbranched alkanes of at least 4 members (excludes halogenated alkanes) is 2. The molecule has 0 spiro atoms. The normalized spacial score (nSPS) is 14.6. The molecule has 15 heavy (non-hydrogen) atoms. The van der Waals surface area contributed by atoms with Gasteiger partial charge in [-0.15, -0.1) is 0 Å². The van der Waals surface area contributed by atoms with Gasteiger partial charge in [-0.05, 0) is 51.3 Å². The van der Waals surface area contributed by atoms with Gasteiger partial charge in [0, 0.05) is 0 Å². The highest BCUT2D eigenvalue weighted by molar-refractivity contribution is 6.31. The van der Waals surface area contributed by atoms with Gasteiger partial charge in [0.05, 0.1) is 5.03 Å². The lowest BCUT2D eigenvalue weighted by atomic mass is 10.2. The maximum Gasteiger partial charge on any atom is 0.144 e. The van der Waals surface area contributed by atoms with Crippen LogP contribution in [0, 0.1) is 0 Å². The van der Waals surface area contributed by atoms with E-state index in [1.165, 1.54) is 0 Å². The summed E-state index contributed by atoms with van der Waals surface area (Å²) in [5, 5.41) is 0.165. The molecule has 86 valence electrons. The van der Waals surface area contributed by atoms with Crippen molar-refractivity contribution < 1.29 is 4.39 Å². The van der Waals surface area contributed by atoms with Crippen LogP contribution in [0.1, 0.15) is 33.1 Å². The zero-order chi connectivity index (χ0) is 11.7. The molecule has 0 bridgehead atoms. The van der Waals surface area contributed by atoms with Gasteiger partial charge in [-0.25, -0.2) is 4.39 Å². The number of rotatable bonds is 6. The zero-order valence-corrected chi connectivity index (χ0v) is 10.1. The Balaban J connectivity index is 4.16. The van der Waals surface area contributed by atoms with Gasteiger partial charge < -0.3 is 5.73 Å². The Hall–Kier alpha value is -0.600. The molecule has 0 aromatic carbocycles. The van der Waals surface area contributed by atoms with Gasteiger partial charge in [0.25, 0.3) is 0 Å². The Morgan fingerprint density at radius 2 is 2.07 bits per heavy atom. The molecule has 1 nitrogen and oxygen atoms in total. The summed E-state index contributed by atoms with van der Waals surface area (Å²) in [6.45, 7) is 4.17. The smallest absolute Gasteiger partial charge is 0.144 e. The average molecular weight is 232 g/mol. The molecule has 0 rings (SSSR count). The van der Waals surface area contributed by atoms with Crippen LogP contribution in [0.3, 0.4) is 0 Å². The predicted molar refractivity (Wildman–Crippen MR) is 65.5 cm³/mol. The van der Waals surface area contributed by atoms with Crippen molar-refractivity contribution in [3.05, 3.63) is 34.7 Å². The number of hydrogen-bond donors (Lipinski definition) is 1. The summed E-state index contributed by atoms with van der Waals surface area (Å²) >= 11 is 5.77. The minimum Gasteiger partial charge on any atom is -0.330 e. The zero-order valence-electron chi connectivity index (χ0n) is 9.39. The van der Waals surface area contributed by atoms with Gasteiger partial charge >= 0.3 is 0 Å². The quantitative estimate of drug-likeness (QED) is 0.542. The largest absolute Gasteiger partial charge is 0.330 e. The third-order valence-corrected chi connectivity index (χ3v) is 2.37. The van der Waals surface area contributed by atoms with Crippen molar-refractivity contribution in [1.82, 2.24) is 0 Å². The molecule has 3 heteroatoms. The van der Waals surface area contributed by atoms with E-state index < -0.39 is 0 Å². The van der Waals surface area contributed by atoms with Crippen LogP contribution in [0.25, 0.3) is 0 Å². The van der Waals surface area contributed by atoms with E-state index in [9.17, 15) is 4.39 Å². The first-order chi connectivity index (χ1) is 7.13. The fraction of sp³-hybridized carbons (Fsp3) is 0.500. The second kappa shape index (κ2) is 8.69. The van der Waals surface area contributed by atoms with Crippen LogP contribution in [0.2, 0.25) is 0 Å². The van der Waals surface area contributed by atoms with Gasteiger partial charge in [-0.1, -0.05) is 23.8 Å². The molecule has 0 radical (unpaired) electrons. The van der Waals surface area contributed by atoms with Crippen molar-refractivity contribution in [1.29, 1.82) is 0 Å². The van der Waals surface area contributed by atoms with E-state index in [-0.39, 0.29) is 10.9 Å². The van der Waals surface area contributed by atoms with E-state index in [4.69, 9.17) is 17.3 Å². The molecular formula is C12H19ClFN. The van der Waals surface area contributed by atoms with E-state index in [0.717, 1.165) is 19.3 Å². The van der Waals surface area contributed by atoms with Gasteiger partial charge in [-0.2, -0.15) is 0 Å². The summed E-state index contributed by atoms with van der Waals surface area (Å²) < 4.78 is 13.4. The number of halogens is 2. The molecule has 0 fully saturated rings. The van der Waals surface area contributed by atoms with E-state index in [2.05, 4.69) is 0 Å². The molecule has 0 aliphatic carbocycles. The Bertz CT molecular complexity index is 267. The summed E-state index contributed by atoms with van der Waals surface area (Å²) in [5.74, 6) is -0.353. The summed E-state index contributed by atoms with van der Waals surface area (Å²) in [6.07, 6.45) is 8.07. The second-order valence-electron chi connectivity index (χ2n) is 3.32. The molecule has 0 atom stereocenters. The van der Waals surface area contributed by atoms with Crippen LogP contribution in [0.15, 0.2) is 34.7 Å². The molecule has 0 saturated heterocycles. The topological polar surface area (TPSA) is 26.0 Å². The van der Waals surface area contributed by atoms with Crippen molar-refractivity contribution in [3.63, 3.8) is 0 Å². The molecule has 0 aromatic rings. The Morgan fingerprint density at radius 1 is 1.40 bits per heavy atom. The Kier molecular flexibility index (Phi) is 8.34. The fourth-order valence-electron chi connectivity index (χ4n) is 0.982. The van der Waals surface area contributed by atoms with E-state index in [1.807, 2.05) is 6.08 Å². The van der Waals surface area contributed by atoms with Crippen molar-refractivity contribution in [2.75, 3.05) is 6.54 Å². The van der Waals surface area contributed by atoms with Crippen LogP contribution < -0.4 is 5.73 Å². The lowest BCUT2D eigenvalue weighted by molar-refractivity contribution is 0.648. The minimum atomic E-state index is -0.353. The van der Waals surface area contributed by atoms with Crippen molar-refractivity contribution in [2.24, 2.45) is 5.73 Å². The lowest BCUT2D eigenvalue weighted by Gasteiger charge is -1.97. The minimum absolute atomic E-state index is 0.165. The first-order valence-electron chi connectivity index (χ1n) is 5.18. The molecule has 0 aliphatic heterocycles. The highest BCUT2D eigenvalue weighted by Crippen LogP contribution is 2.20. The average Bonchev–Trinajstić information content (AvgIpc) is 2.26. The van der Waals surface area contributed by atoms with E-state index >= 15 is 0 Å². The van der Waals surface area contributed by atoms with Crippen LogP contribution >= 0.6 is 11.6 Å². The Labute approximate surface area is 96.5 Å². The molecular weight excluding hydrogens is 213 g/mol. The summed E-state index contributed by atoms with van der Waals surface area (Å²) in [6, 6.07) is 0. The number of nitrogens with two attached hydrogens (primary N) is 1. The van der Waals surface area contributed by atoms with Gasteiger partial charge in [-0.3, -0.25) is 0 Å². The molecule has 0 aromatic heterocycles. The monoisotopic (exact) mass is 231 g/mol. The molecule has 0 heterocycles. The third kappa shape index (κ3) is 6.47. The molecule has 0 saturated carbocycles. The lowest BCUT2D eigenvalue weighted by Crippen LogP contribution is -1.96. The van der Waals surface area contributed by atoms with Gasteiger partial charge in [0.1, 0.15) is 5.83 Å². The SMILES string of the molecule is C\C=C(C)/C(F)=C(Cl)\C=C\CCCCN. The van der Waals surface area contributed by atoms with Crippen molar-refractivity contribution >= 4 is 11.6 Å². The molecule has 0 amide bonds. The molecule has 2 N–H and O–H groups in total.